The molecule has 2 aliphatic heterocycles. The van der Waals surface area contributed by atoms with Crippen LogP contribution >= 0.6 is 0 Å². The largest absolute Gasteiger partial charge is 0.463 e. The number of nitrogens with zero attached hydrogens (tertiary/aromatic N) is 5. The van der Waals surface area contributed by atoms with Crippen LogP contribution < -0.4 is 10.2 Å². The van der Waals surface area contributed by atoms with Crippen molar-refractivity contribution >= 4 is 16.8 Å². The van der Waals surface area contributed by atoms with Crippen molar-refractivity contribution in [2.24, 2.45) is 4.99 Å². The zero-order valence-electron chi connectivity index (χ0n) is 20.8. The second-order valence-corrected chi connectivity index (χ2v) is 9.60. The molecule has 0 bridgehead atoms. The third-order valence-electron chi connectivity index (χ3n) is 7.30. The van der Waals surface area contributed by atoms with E-state index < -0.39 is 23.5 Å². The number of likely N-dealkylation sites (tertiary alicyclic amines) is 1. The number of carbonyl (C=O) groups is 1. The van der Waals surface area contributed by atoms with Crippen LogP contribution in [0.5, 0.6) is 6.01 Å². The molecule has 0 N–H and O–H groups in total. The normalized spacial score (nSPS) is 18.6. The van der Waals surface area contributed by atoms with Gasteiger partial charge in [-0.3, -0.25) is 19.3 Å². The number of benzene rings is 1. The maximum Gasteiger partial charge on any atom is 0.416 e. The third kappa shape index (κ3) is 4.55. The molecule has 3 aromatic rings. The first-order chi connectivity index (χ1) is 17.5. The second-order valence-electron chi connectivity index (χ2n) is 9.60. The molecule has 0 aliphatic carbocycles. The lowest BCUT2D eigenvalue weighted by molar-refractivity contribution is -0.138. The topological polar surface area (TPSA) is 72.6 Å². The van der Waals surface area contributed by atoms with E-state index in [0.717, 1.165) is 6.07 Å². The Kier molecular flexibility index (Phi) is 6.19. The van der Waals surface area contributed by atoms with E-state index in [1.54, 1.807) is 30.2 Å². The number of amides is 1. The number of piperidine rings is 1. The molecule has 2 aromatic heterocycles. The van der Waals surface area contributed by atoms with Crippen LogP contribution in [-0.2, 0) is 23.2 Å². The fourth-order valence-electron chi connectivity index (χ4n) is 5.15. The molecule has 2 aliphatic rings. The SMILES string of the molecule is CC(=O)N1CCC(F)(c2cc3/c(=N/[C@H](C)c4cccc(C(F)(F)F)c4C)nc4n(c3cn2)CCO4)CC1. The summed E-state index contributed by atoms with van der Waals surface area (Å²) in [5.41, 5.74) is -0.773. The number of ether oxygens (including phenoxy) is 1. The van der Waals surface area contributed by atoms with E-state index in [-0.39, 0.29) is 35.5 Å². The molecule has 0 unspecified atom stereocenters. The number of pyridine rings is 1. The zero-order chi connectivity index (χ0) is 26.5. The van der Waals surface area contributed by atoms with Crippen molar-refractivity contribution in [3.05, 3.63) is 58.3 Å². The van der Waals surface area contributed by atoms with Crippen LogP contribution in [0.25, 0.3) is 10.9 Å². The Hall–Kier alpha value is -3.50. The minimum absolute atomic E-state index is 0.0929. The Morgan fingerprint density at radius 3 is 2.62 bits per heavy atom. The molecule has 1 atom stereocenters. The summed E-state index contributed by atoms with van der Waals surface area (Å²) < 4.78 is 63.9. The molecule has 4 heterocycles. The predicted octanol–water partition coefficient (Wildman–Crippen LogP) is 4.62. The highest BCUT2D eigenvalue weighted by Crippen LogP contribution is 2.38. The standard InChI is InChI=1S/C26H27F4N5O2/c1-15-18(5-4-6-20(15)26(28,29)30)16(2)32-23-19-13-22(25(27)7-9-34(10-8-25)17(3)36)31-14-21(19)35-11-12-37-24(35)33-23/h4-6,13-14,16H,7-12H2,1-3H3/b32-23-/t16-/m1/s1. The van der Waals surface area contributed by atoms with Gasteiger partial charge in [-0.05, 0) is 37.1 Å². The number of alkyl halides is 4. The summed E-state index contributed by atoms with van der Waals surface area (Å²) in [5.74, 6) is -0.0929. The van der Waals surface area contributed by atoms with Crippen LogP contribution in [0.15, 0.2) is 35.5 Å². The van der Waals surface area contributed by atoms with Crippen LogP contribution in [0.4, 0.5) is 17.6 Å². The zero-order valence-corrected chi connectivity index (χ0v) is 20.8. The Labute approximate surface area is 210 Å². The summed E-state index contributed by atoms with van der Waals surface area (Å²) in [6, 6.07) is 5.34. The number of fused-ring (bicyclic) bond motifs is 3. The highest BCUT2D eigenvalue weighted by molar-refractivity contribution is 5.78. The van der Waals surface area contributed by atoms with Gasteiger partial charge in [0.2, 0.25) is 5.91 Å². The second kappa shape index (κ2) is 9.11. The monoisotopic (exact) mass is 517 g/mol. The molecule has 1 aromatic carbocycles. The molecule has 5 rings (SSSR count). The van der Waals surface area contributed by atoms with Gasteiger partial charge in [0, 0.05) is 38.2 Å². The fraction of sp³-hybridized carbons (Fsp3) is 0.462. The number of rotatable bonds is 3. The van der Waals surface area contributed by atoms with Crippen molar-refractivity contribution in [2.45, 2.75) is 58.0 Å². The minimum Gasteiger partial charge on any atom is -0.463 e. The molecule has 196 valence electrons. The van der Waals surface area contributed by atoms with Gasteiger partial charge in [0.25, 0.3) is 6.01 Å². The van der Waals surface area contributed by atoms with E-state index >= 15 is 4.39 Å². The van der Waals surface area contributed by atoms with Gasteiger partial charge in [0.05, 0.1) is 35.6 Å². The van der Waals surface area contributed by atoms with E-state index in [4.69, 9.17) is 4.74 Å². The number of hydrogen-bond acceptors (Lipinski definition) is 5. The van der Waals surface area contributed by atoms with Crippen molar-refractivity contribution < 1.29 is 27.1 Å². The van der Waals surface area contributed by atoms with Crippen LogP contribution in [0, 0.1) is 6.92 Å². The van der Waals surface area contributed by atoms with Crippen LogP contribution in [-0.4, -0.2) is 45.0 Å². The lowest BCUT2D eigenvalue weighted by atomic mass is 9.89. The van der Waals surface area contributed by atoms with Crippen molar-refractivity contribution in [3.8, 4) is 6.01 Å². The van der Waals surface area contributed by atoms with E-state index in [9.17, 15) is 18.0 Å². The van der Waals surface area contributed by atoms with Gasteiger partial charge in [0.15, 0.2) is 11.2 Å². The van der Waals surface area contributed by atoms with Crippen molar-refractivity contribution in [1.29, 1.82) is 0 Å². The molecule has 1 fully saturated rings. The minimum atomic E-state index is -4.48. The Balaban J connectivity index is 1.61. The number of halogens is 4. The Morgan fingerprint density at radius 1 is 1.22 bits per heavy atom. The first-order valence-electron chi connectivity index (χ1n) is 12.2. The molecule has 0 radical (unpaired) electrons. The highest BCUT2D eigenvalue weighted by Gasteiger charge is 2.39. The van der Waals surface area contributed by atoms with Crippen LogP contribution in [0.1, 0.15) is 55.1 Å². The first-order valence-corrected chi connectivity index (χ1v) is 12.2. The molecule has 0 spiro atoms. The summed E-state index contributed by atoms with van der Waals surface area (Å²) in [6.45, 7) is 6.12. The molecule has 0 saturated carbocycles. The molecule has 11 heteroatoms. The fourth-order valence-corrected chi connectivity index (χ4v) is 5.15. The maximum absolute atomic E-state index is 16.0. The van der Waals surface area contributed by atoms with Gasteiger partial charge in [-0.2, -0.15) is 18.2 Å². The van der Waals surface area contributed by atoms with Gasteiger partial charge in [-0.25, -0.2) is 4.39 Å². The van der Waals surface area contributed by atoms with E-state index in [1.807, 2.05) is 4.57 Å². The summed E-state index contributed by atoms with van der Waals surface area (Å²) in [5, 5.41) is 0.543. The Bertz CT molecular complexity index is 1440. The van der Waals surface area contributed by atoms with Gasteiger partial charge in [-0.1, -0.05) is 12.1 Å². The number of hydrogen-bond donors (Lipinski definition) is 0. The summed E-state index contributed by atoms with van der Waals surface area (Å²) in [7, 11) is 0. The molecule has 1 amide bonds. The van der Waals surface area contributed by atoms with Crippen LogP contribution in [0.3, 0.4) is 0 Å². The number of aromatic nitrogens is 3. The van der Waals surface area contributed by atoms with Crippen LogP contribution in [0.2, 0.25) is 0 Å². The molecular weight excluding hydrogens is 490 g/mol. The summed E-state index contributed by atoms with van der Waals surface area (Å²) in [6.07, 6.45) is -2.67. The first kappa shape index (κ1) is 25.2. The third-order valence-corrected chi connectivity index (χ3v) is 7.30. The van der Waals surface area contributed by atoms with Gasteiger partial charge in [-0.15, -0.1) is 0 Å². The van der Waals surface area contributed by atoms with E-state index in [0.29, 0.717) is 48.7 Å². The highest BCUT2D eigenvalue weighted by atomic mass is 19.4. The lowest BCUT2D eigenvalue weighted by Gasteiger charge is -2.35. The van der Waals surface area contributed by atoms with Crippen molar-refractivity contribution in [2.75, 3.05) is 19.7 Å². The predicted molar refractivity (Wildman–Crippen MR) is 127 cm³/mol. The van der Waals surface area contributed by atoms with Crippen molar-refractivity contribution in [1.82, 2.24) is 19.4 Å². The van der Waals surface area contributed by atoms with Gasteiger partial charge >= 0.3 is 6.18 Å². The van der Waals surface area contributed by atoms with Crippen molar-refractivity contribution in [3.63, 3.8) is 0 Å². The average Bonchev–Trinajstić information content (AvgIpc) is 3.32. The van der Waals surface area contributed by atoms with Gasteiger partial charge in [0.1, 0.15) is 6.61 Å². The quantitative estimate of drug-likeness (QED) is 0.476. The molecule has 7 nitrogen and oxygen atoms in total. The number of carbonyl (C=O) groups excluding carboxylic acids is 1. The average molecular weight is 518 g/mol. The maximum atomic E-state index is 16.0. The lowest BCUT2D eigenvalue weighted by Crippen LogP contribution is -2.42. The Morgan fingerprint density at radius 2 is 1.95 bits per heavy atom. The van der Waals surface area contributed by atoms with Gasteiger partial charge < -0.3 is 9.64 Å². The molecular formula is C26H27F4N5O2. The smallest absolute Gasteiger partial charge is 0.416 e. The van der Waals surface area contributed by atoms with E-state index in [1.165, 1.54) is 19.9 Å². The molecule has 37 heavy (non-hydrogen) atoms. The molecule has 1 saturated heterocycles. The van der Waals surface area contributed by atoms with E-state index in [2.05, 4.69) is 15.0 Å². The summed E-state index contributed by atoms with van der Waals surface area (Å²) in [4.78, 5) is 27.0. The summed E-state index contributed by atoms with van der Waals surface area (Å²) >= 11 is 0.